The van der Waals surface area contributed by atoms with Gasteiger partial charge in [0, 0.05) is 19.8 Å². The van der Waals surface area contributed by atoms with Crippen LogP contribution in [0.2, 0.25) is 0 Å². The molecule has 1 amide bonds. The van der Waals surface area contributed by atoms with Crippen LogP contribution >= 0.6 is 0 Å². The van der Waals surface area contributed by atoms with Crippen LogP contribution in [0.25, 0.3) is 0 Å². The predicted molar refractivity (Wildman–Crippen MR) is 101 cm³/mol. The zero-order chi connectivity index (χ0) is 19.8. The largest absolute Gasteiger partial charge is 0.497 e. The van der Waals surface area contributed by atoms with E-state index >= 15 is 0 Å². The molecule has 2 aromatic rings. The normalized spacial score (nSPS) is 10.3. The van der Waals surface area contributed by atoms with Gasteiger partial charge in [0.05, 0.1) is 12.7 Å². The minimum Gasteiger partial charge on any atom is -0.497 e. The third-order valence-corrected chi connectivity index (χ3v) is 4.05. The molecule has 0 atom stereocenters. The second-order valence-corrected chi connectivity index (χ2v) is 6.00. The molecule has 1 aromatic carbocycles. The molecule has 0 radical (unpaired) electrons. The second kappa shape index (κ2) is 9.56. The van der Waals surface area contributed by atoms with Crippen molar-refractivity contribution in [2.75, 3.05) is 14.2 Å². The molecule has 7 nitrogen and oxygen atoms in total. The summed E-state index contributed by atoms with van der Waals surface area (Å²) in [5.74, 6) is -0.473. The molecule has 0 saturated heterocycles. The molecule has 1 aromatic heterocycles. The molecule has 7 heteroatoms. The molecular weight excluding hydrogens is 348 g/mol. The number of hydrogen-bond acceptors (Lipinski definition) is 5. The molecule has 0 aliphatic heterocycles. The number of aromatic nitrogens is 1. The fourth-order valence-corrected chi connectivity index (χ4v) is 2.53. The lowest BCUT2D eigenvalue weighted by molar-refractivity contribution is 0.0471. The number of pyridine rings is 1. The van der Waals surface area contributed by atoms with Crippen LogP contribution in [0.5, 0.6) is 5.75 Å². The van der Waals surface area contributed by atoms with E-state index in [-0.39, 0.29) is 17.7 Å². The number of rotatable bonds is 8. The number of nitrogens with zero attached hydrogens (tertiary/aromatic N) is 1. The quantitative estimate of drug-likeness (QED) is 0.719. The monoisotopic (exact) mass is 372 g/mol. The summed E-state index contributed by atoms with van der Waals surface area (Å²) in [6.07, 6.45) is 3.08. The first-order chi connectivity index (χ1) is 13.0. The summed E-state index contributed by atoms with van der Waals surface area (Å²) < 4.78 is 11.9. The Kier molecular flexibility index (Phi) is 7.16. The van der Waals surface area contributed by atoms with Crippen LogP contribution in [0.4, 0.5) is 0 Å². The SMILES string of the molecule is CCCCn1cc(C(=O)OCc2cccc(OC)c2)cc(C(=O)NC)c1=O. The molecule has 2 rings (SSSR count). The maximum Gasteiger partial charge on any atom is 0.339 e. The lowest BCUT2D eigenvalue weighted by Gasteiger charge is -2.11. The molecule has 144 valence electrons. The van der Waals surface area contributed by atoms with Crippen LogP contribution in [0.3, 0.4) is 0 Å². The van der Waals surface area contributed by atoms with Gasteiger partial charge in [-0.05, 0) is 30.2 Å². The minimum atomic E-state index is -0.603. The smallest absolute Gasteiger partial charge is 0.339 e. The van der Waals surface area contributed by atoms with Gasteiger partial charge < -0.3 is 19.4 Å². The topological polar surface area (TPSA) is 86.6 Å². The fraction of sp³-hybridized carbons (Fsp3) is 0.350. The van der Waals surface area contributed by atoms with Crippen LogP contribution in [-0.4, -0.2) is 30.6 Å². The van der Waals surface area contributed by atoms with E-state index in [0.717, 1.165) is 18.4 Å². The van der Waals surface area contributed by atoms with Crippen molar-refractivity contribution in [1.29, 1.82) is 0 Å². The van der Waals surface area contributed by atoms with E-state index < -0.39 is 17.4 Å². The number of amides is 1. The summed E-state index contributed by atoms with van der Waals surface area (Å²) in [6.45, 7) is 2.48. The highest BCUT2D eigenvalue weighted by Crippen LogP contribution is 2.14. The van der Waals surface area contributed by atoms with Crippen LogP contribution in [-0.2, 0) is 17.9 Å². The Morgan fingerprint density at radius 3 is 2.67 bits per heavy atom. The average molecular weight is 372 g/mol. The van der Waals surface area contributed by atoms with E-state index in [1.165, 1.54) is 23.9 Å². The minimum absolute atomic E-state index is 0.0550. The number of carbonyl (C=O) groups is 2. The Balaban J connectivity index is 2.25. The lowest BCUT2D eigenvalue weighted by Crippen LogP contribution is -2.32. The number of carbonyl (C=O) groups excluding carboxylic acids is 2. The number of benzene rings is 1. The van der Waals surface area contributed by atoms with Gasteiger partial charge >= 0.3 is 5.97 Å². The third kappa shape index (κ3) is 5.20. The van der Waals surface area contributed by atoms with Crippen molar-refractivity contribution >= 4 is 11.9 Å². The van der Waals surface area contributed by atoms with Gasteiger partial charge in [-0.1, -0.05) is 25.5 Å². The van der Waals surface area contributed by atoms with E-state index in [1.54, 1.807) is 25.3 Å². The standard InChI is InChI=1S/C20H24N2O5/c1-4-5-9-22-12-15(11-17(19(22)24)18(23)21-2)20(25)27-13-14-7-6-8-16(10-14)26-3/h6-8,10-12H,4-5,9,13H2,1-3H3,(H,21,23). The Bertz CT molecular complexity index is 873. The van der Waals surface area contributed by atoms with Gasteiger partial charge in [0.25, 0.3) is 11.5 Å². The number of nitrogens with one attached hydrogen (secondary N) is 1. The molecule has 1 heterocycles. The van der Waals surface area contributed by atoms with Crippen molar-refractivity contribution in [3.63, 3.8) is 0 Å². The van der Waals surface area contributed by atoms with E-state index in [0.29, 0.717) is 12.3 Å². The maximum atomic E-state index is 12.5. The zero-order valence-electron chi connectivity index (χ0n) is 15.8. The summed E-state index contributed by atoms with van der Waals surface area (Å²) in [5.41, 5.74) is 0.428. The van der Waals surface area contributed by atoms with Gasteiger partial charge in [-0.25, -0.2) is 4.79 Å². The lowest BCUT2D eigenvalue weighted by atomic mass is 10.1. The van der Waals surface area contributed by atoms with E-state index in [2.05, 4.69) is 5.32 Å². The van der Waals surface area contributed by atoms with Gasteiger partial charge in [-0.2, -0.15) is 0 Å². The Labute approximate surface area is 157 Å². The van der Waals surface area contributed by atoms with Crippen LogP contribution in [0, 0.1) is 0 Å². The van der Waals surface area contributed by atoms with Crippen molar-refractivity contribution < 1.29 is 19.1 Å². The number of hydrogen-bond donors (Lipinski definition) is 1. The van der Waals surface area contributed by atoms with Crippen molar-refractivity contribution in [2.45, 2.75) is 32.9 Å². The predicted octanol–water partition coefficient (Wildman–Crippen LogP) is 2.37. The maximum absolute atomic E-state index is 12.5. The Hall–Kier alpha value is -3.09. The van der Waals surface area contributed by atoms with Gasteiger partial charge in [-0.15, -0.1) is 0 Å². The fourth-order valence-electron chi connectivity index (χ4n) is 2.53. The molecule has 0 aliphatic carbocycles. The molecule has 0 aliphatic rings. The summed E-state index contributed by atoms with van der Waals surface area (Å²) in [7, 11) is 3.00. The number of aryl methyl sites for hydroxylation is 1. The second-order valence-electron chi connectivity index (χ2n) is 6.00. The summed E-state index contributed by atoms with van der Waals surface area (Å²) in [5, 5.41) is 2.42. The number of unbranched alkanes of at least 4 members (excludes halogenated alkanes) is 1. The van der Waals surface area contributed by atoms with Gasteiger partial charge in [0.15, 0.2) is 0 Å². The molecule has 1 N–H and O–H groups in total. The molecule has 0 unspecified atom stereocenters. The number of ether oxygens (including phenoxy) is 2. The highest BCUT2D eigenvalue weighted by atomic mass is 16.5. The first-order valence-corrected chi connectivity index (χ1v) is 8.76. The van der Waals surface area contributed by atoms with Crippen molar-refractivity contribution in [3.8, 4) is 5.75 Å². The summed E-state index contributed by atoms with van der Waals surface area (Å²) in [4.78, 5) is 36.9. The van der Waals surface area contributed by atoms with E-state index in [9.17, 15) is 14.4 Å². The van der Waals surface area contributed by atoms with Crippen molar-refractivity contribution in [3.05, 3.63) is 63.6 Å². The average Bonchev–Trinajstić information content (AvgIpc) is 2.70. The number of methoxy groups -OCH3 is 1. The summed E-state index contributed by atoms with van der Waals surface area (Å²) in [6, 6.07) is 8.46. The molecule has 0 spiro atoms. The van der Waals surface area contributed by atoms with Gasteiger partial charge in [-0.3, -0.25) is 9.59 Å². The Morgan fingerprint density at radius 1 is 1.22 bits per heavy atom. The number of esters is 1. The van der Waals surface area contributed by atoms with Gasteiger partial charge in [0.1, 0.15) is 17.9 Å². The Morgan fingerprint density at radius 2 is 2.00 bits per heavy atom. The van der Waals surface area contributed by atoms with Crippen LogP contribution in [0.1, 0.15) is 46.0 Å². The summed E-state index contributed by atoms with van der Waals surface area (Å²) >= 11 is 0. The van der Waals surface area contributed by atoms with Crippen LogP contribution < -0.4 is 15.6 Å². The molecule has 0 saturated carbocycles. The highest BCUT2D eigenvalue weighted by Gasteiger charge is 2.17. The first kappa shape index (κ1) is 20.2. The van der Waals surface area contributed by atoms with Crippen molar-refractivity contribution in [2.24, 2.45) is 0 Å². The van der Waals surface area contributed by atoms with Crippen LogP contribution in [0.15, 0.2) is 41.3 Å². The molecule has 0 fully saturated rings. The van der Waals surface area contributed by atoms with E-state index in [1.807, 2.05) is 13.0 Å². The van der Waals surface area contributed by atoms with Gasteiger partial charge in [0.2, 0.25) is 0 Å². The highest BCUT2D eigenvalue weighted by molar-refractivity contribution is 5.97. The third-order valence-electron chi connectivity index (χ3n) is 4.05. The molecule has 27 heavy (non-hydrogen) atoms. The van der Waals surface area contributed by atoms with E-state index in [4.69, 9.17) is 9.47 Å². The zero-order valence-corrected chi connectivity index (χ0v) is 15.8. The molecular formula is C20H24N2O5. The molecule has 0 bridgehead atoms. The van der Waals surface area contributed by atoms with Crippen molar-refractivity contribution in [1.82, 2.24) is 9.88 Å². The first-order valence-electron chi connectivity index (χ1n) is 8.76.